The fraction of sp³-hybridized carbons (Fsp3) is 0.250. The zero-order valence-corrected chi connectivity index (χ0v) is 26.9. The lowest BCUT2D eigenvalue weighted by Gasteiger charge is -2.36. The molecule has 3 heterocycles. The summed E-state index contributed by atoms with van der Waals surface area (Å²) in [7, 11) is 4.27. The Hall–Kier alpha value is -5.74. The van der Waals surface area contributed by atoms with E-state index in [0.29, 0.717) is 17.5 Å². The molecule has 250 valence electrons. The van der Waals surface area contributed by atoms with E-state index in [-0.39, 0.29) is 35.2 Å². The molecule has 0 bridgehead atoms. The molecule has 13 heteroatoms. The van der Waals surface area contributed by atoms with Crippen molar-refractivity contribution in [3.8, 4) is 11.8 Å². The van der Waals surface area contributed by atoms with Crippen molar-refractivity contribution in [2.24, 2.45) is 0 Å². The molecule has 0 radical (unpaired) electrons. The van der Waals surface area contributed by atoms with E-state index >= 15 is 4.39 Å². The number of carbonyl (C=O) groups is 1. The summed E-state index contributed by atoms with van der Waals surface area (Å²) in [4.78, 5) is 46.2. The number of fused-ring (bicyclic) bond motifs is 1. The van der Waals surface area contributed by atoms with Crippen molar-refractivity contribution in [1.82, 2.24) is 29.7 Å². The normalized spacial score (nSPS) is 13.5. The highest BCUT2D eigenvalue weighted by atomic mass is 19.2. The van der Waals surface area contributed by atoms with Crippen LogP contribution < -0.4 is 15.8 Å². The average Bonchev–Trinajstić information content (AvgIpc) is 3.10. The van der Waals surface area contributed by atoms with Crippen LogP contribution in [0.3, 0.4) is 0 Å². The molecule has 6 rings (SSSR count). The number of aromatic amines is 1. The molecular weight excluding hydrogens is 633 g/mol. The van der Waals surface area contributed by atoms with Gasteiger partial charge in [-0.25, -0.2) is 28.1 Å². The van der Waals surface area contributed by atoms with E-state index in [4.69, 9.17) is 0 Å². The molecule has 0 saturated carbocycles. The second-order valence-electron chi connectivity index (χ2n) is 11.9. The van der Waals surface area contributed by atoms with Gasteiger partial charge in [-0.05, 0) is 87.1 Å². The smallest absolute Gasteiger partial charge is 0.263 e. The number of benzene rings is 3. The van der Waals surface area contributed by atoms with Crippen molar-refractivity contribution >= 4 is 34.1 Å². The first-order valence-corrected chi connectivity index (χ1v) is 15.6. The van der Waals surface area contributed by atoms with Gasteiger partial charge < -0.3 is 25.0 Å². The molecular formula is C36H33F3N8O2. The molecule has 5 aromatic rings. The minimum Gasteiger partial charge on any atom is -0.372 e. The summed E-state index contributed by atoms with van der Waals surface area (Å²) in [6, 6.07) is 14.8. The molecule has 1 aliphatic heterocycles. The second kappa shape index (κ2) is 14.6. The summed E-state index contributed by atoms with van der Waals surface area (Å²) >= 11 is 0. The number of anilines is 3. The molecule has 0 unspecified atom stereocenters. The standard InChI is InChI=1S/C36H33F3N8O2/c1-45-16-13-27(14-17-45)46(2)26-9-7-25(8-10-26)43-36-41-20-28-32(44-36)12-6-24(33(28)39)4-3-15-47(21-23-5-11-30(37)31(38)18-23)35(49)29-19-40-22-42-34(29)48/h5-12,18-20,22,27H,13-17,21H2,1-2H3,(H,40,42,48)(H,41,43,44). The fourth-order valence-corrected chi connectivity index (χ4v) is 5.69. The van der Waals surface area contributed by atoms with Crippen LogP contribution in [0.25, 0.3) is 10.9 Å². The van der Waals surface area contributed by atoms with Gasteiger partial charge >= 0.3 is 0 Å². The maximum atomic E-state index is 15.5. The van der Waals surface area contributed by atoms with E-state index in [0.717, 1.165) is 66.9 Å². The number of rotatable bonds is 8. The van der Waals surface area contributed by atoms with Gasteiger partial charge in [0, 0.05) is 43.4 Å². The Labute approximate surface area is 280 Å². The summed E-state index contributed by atoms with van der Waals surface area (Å²) in [6.45, 7) is 1.72. The van der Waals surface area contributed by atoms with Gasteiger partial charge in [-0.15, -0.1) is 0 Å². The molecule has 10 nitrogen and oxygen atoms in total. The molecule has 0 aliphatic carbocycles. The maximum Gasteiger partial charge on any atom is 0.263 e. The first-order chi connectivity index (χ1) is 23.7. The summed E-state index contributed by atoms with van der Waals surface area (Å²) in [5.41, 5.74) is 1.65. The minimum absolute atomic E-state index is 0.0422. The van der Waals surface area contributed by atoms with Crippen LogP contribution in [0, 0.1) is 29.3 Å². The zero-order valence-electron chi connectivity index (χ0n) is 26.9. The van der Waals surface area contributed by atoms with Crippen molar-refractivity contribution in [3.05, 3.63) is 118 Å². The molecule has 2 aromatic heterocycles. The number of piperidine rings is 1. The SMILES string of the molecule is CN1CCC(N(C)c2ccc(Nc3ncc4c(F)c(C#CCN(Cc5ccc(F)c(F)c5)C(=O)c5cnc[nH]c5=O)ccc4n3)cc2)CC1. The van der Waals surface area contributed by atoms with E-state index in [9.17, 15) is 18.4 Å². The first-order valence-electron chi connectivity index (χ1n) is 15.6. The van der Waals surface area contributed by atoms with Crippen molar-refractivity contribution < 1.29 is 18.0 Å². The number of aromatic nitrogens is 4. The number of hydrogen-bond acceptors (Lipinski definition) is 8. The molecule has 1 saturated heterocycles. The van der Waals surface area contributed by atoms with Crippen LogP contribution >= 0.6 is 0 Å². The molecule has 2 N–H and O–H groups in total. The highest BCUT2D eigenvalue weighted by molar-refractivity contribution is 5.93. The third-order valence-corrected chi connectivity index (χ3v) is 8.55. The first kappa shape index (κ1) is 33.2. The van der Waals surface area contributed by atoms with E-state index in [1.807, 2.05) is 24.3 Å². The summed E-state index contributed by atoms with van der Waals surface area (Å²) in [6.07, 6.45) is 5.85. The predicted molar refractivity (Wildman–Crippen MR) is 181 cm³/mol. The number of carbonyl (C=O) groups excluding carboxylic acids is 1. The van der Waals surface area contributed by atoms with Crippen molar-refractivity contribution in [3.63, 3.8) is 0 Å². The molecule has 49 heavy (non-hydrogen) atoms. The van der Waals surface area contributed by atoms with E-state index in [2.05, 4.69) is 61.0 Å². The average molecular weight is 667 g/mol. The summed E-state index contributed by atoms with van der Waals surface area (Å²) < 4.78 is 42.9. The van der Waals surface area contributed by atoms with E-state index < -0.39 is 28.9 Å². The quantitative estimate of drug-likeness (QED) is 0.220. The van der Waals surface area contributed by atoms with Crippen LogP contribution in [-0.2, 0) is 6.54 Å². The van der Waals surface area contributed by atoms with Gasteiger partial charge in [0.1, 0.15) is 11.4 Å². The molecule has 1 aliphatic rings. The zero-order chi connectivity index (χ0) is 34.5. The largest absolute Gasteiger partial charge is 0.372 e. The molecule has 0 atom stereocenters. The van der Waals surface area contributed by atoms with Crippen LogP contribution in [0.5, 0.6) is 0 Å². The fourth-order valence-electron chi connectivity index (χ4n) is 5.69. The Kier molecular flexibility index (Phi) is 9.87. The third kappa shape index (κ3) is 7.71. The minimum atomic E-state index is -1.09. The van der Waals surface area contributed by atoms with E-state index in [1.54, 1.807) is 6.07 Å². The van der Waals surface area contributed by atoms with Crippen LogP contribution in [0.4, 0.5) is 30.5 Å². The number of nitrogens with one attached hydrogen (secondary N) is 2. The van der Waals surface area contributed by atoms with Gasteiger partial charge in [-0.1, -0.05) is 17.9 Å². The number of nitrogens with zero attached hydrogens (tertiary/aromatic N) is 6. The molecule has 1 fully saturated rings. The lowest BCUT2D eigenvalue weighted by atomic mass is 10.0. The highest BCUT2D eigenvalue weighted by Crippen LogP contribution is 2.25. The highest BCUT2D eigenvalue weighted by Gasteiger charge is 2.21. The maximum absolute atomic E-state index is 15.5. The monoisotopic (exact) mass is 666 g/mol. The van der Waals surface area contributed by atoms with Crippen molar-refractivity contribution in [2.45, 2.75) is 25.4 Å². The van der Waals surface area contributed by atoms with Gasteiger partial charge in [0.25, 0.3) is 11.5 Å². The van der Waals surface area contributed by atoms with Crippen LogP contribution in [0.15, 0.2) is 78.1 Å². The summed E-state index contributed by atoms with van der Waals surface area (Å²) in [5, 5.41) is 3.33. The predicted octanol–water partition coefficient (Wildman–Crippen LogP) is 5.10. The lowest BCUT2D eigenvalue weighted by Crippen LogP contribution is -2.41. The molecule has 3 aromatic carbocycles. The van der Waals surface area contributed by atoms with Crippen molar-refractivity contribution in [1.29, 1.82) is 0 Å². The number of halogens is 3. The lowest BCUT2D eigenvalue weighted by molar-refractivity contribution is 0.0763. The third-order valence-electron chi connectivity index (χ3n) is 8.55. The Morgan fingerprint density at radius 1 is 1.04 bits per heavy atom. The number of hydrogen-bond donors (Lipinski definition) is 2. The van der Waals surface area contributed by atoms with E-state index in [1.165, 1.54) is 18.3 Å². The molecule has 0 spiro atoms. The summed E-state index contributed by atoms with van der Waals surface area (Å²) in [5.74, 6) is 2.29. The van der Waals surface area contributed by atoms with Gasteiger partial charge in [0.05, 0.1) is 29.3 Å². The van der Waals surface area contributed by atoms with Gasteiger partial charge in [-0.2, -0.15) is 0 Å². The Morgan fingerprint density at radius 3 is 2.55 bits per heavy atom. The van der Waals surface area contributed by atoms with Crippen LogP contribution in [0.1, 0.15) is 34.3 Å². The number of likely N-dealkylation sites (tertiary alicyclic amines) is 1. The molecule has 1 amide bonds. The van der Waals surface area contributed by atoms with Crippen LogP contribution in [-0.4, -0.2) is 75.4 Å². The Balaban J connectivity index is 1.16. The Morgan fingerprint density at radius 2 is 1.82 bits per heavy atom. The van der Waals surface area contributed by atoms with Crippen molar-refractivity contribution in [2.75, 3.05) is 43.9 Å². The topological polar surface area (TPSA) is 110 Å². The number of amides is 1. The van der Waals surface area contributed by atoms with Gasteiger partial charge in [-0.3, -0.25) is 9.59 Å². The number of H-pyrrole nitrogens is 1. The van der Waals surface area contributed by atoms with Crippen LogP contribution in [0.2, 0.25) is 0 Å². The Bertz CT molecular complexity index is 2100. The van der Waals surface area contributed by atoms with Gasteiger partial charge in [0.2, 0.25) is 5.95 Å². The second-order valence-corrected chi connectivity index (χ2v) is 11.9. The van der Waals surface area contributed by atoms with Gasteiger partial charge in [0.15, 0.2) is 11.6 Å².